The van der Waals surface area contributed by atoms with Crippen LogP contribution in [0.4, 0.5) is 0 Å². The monoisotopic (exact) mass is 293 g/mol. The minimum Gasteiger partial charge on any atom is -0.356 e. The summed E-state index contributed by atoms with van der Waals surface area (Å²) in [6.07, 6.45) is 6.17. The Morgan fingerprint density at radius 3 is 2.67 bits per heavy atom. The summed E-state index contributed by atoms with van der Waals surface area (Å²) in [5.74, 6) is 0.633. The number of carbonyl (C=O) groups excluding carboxylic acids is 1. The third-order valence-corrected chi connectivity index (χ3v) is 4.25. The van der Waals surface area contributed by atoms with E-state index in [4.69, 9.17) is 5.73 Å². The van der Waals surface area contributed by atoms with Crippen molar-refractivity contribution < 1.29 is 4.79 Å². The Hall–Kier alpha value is -1.40. The van der Waals surface area contributed by atoms with Gasteiger partial charge in [-0.15, -0.1) is 0 Å². The molecule has 118 valence electrons. The average molecular weight is 293 g/mol. The van der Waals surface area contributed by atoms with Crippen LogP contribution in [0.15, 0.2) is 12.4 Å². The molecule has 2 rings (SSSR count). The Morgan fingerprint density at radius 2 is 2.19 bits per heavy atom. The van der Waals surface area contributed by atoms with Crippen molar-refractivity contribution in [3.8, 4) is 0 Å². The molecule has 6 nitrogen and oxygen atoms in total. The summed E-state index contributed by atoms with van der Waals surface area (Å²) in [4.78, 5) is 13.4. The zero-order valence-electron chi connectivity index (χ0n) is 13.2. The van der Waals surface area contributed by atoms with Crippen LogP contribution in [0.1, 0.15) is 38.3 Å². The van der Waals surface area contributed by atoms with Crippen LogP contribution in [0.25, 0.3) is 0 Å². The van der Waals surface area contributed by atoms with Crippen molar-refractivity contribution >= 4 is 5.91 Å². The molecule has 0 radical (unpaired) electrons. The predicted octanol–water partition coefficient (Wildman–Crippen LogP) is 0.657. The second-order valence-electron chi connectivity index (χ2n) is 6.17. The van der Waals surface area contributed by atoms with Crippen LogP contribution >= 0.6 is 0 Å². The molecule has 1 aliphatic rings. The molecular formula is C15H27N5O. The van der Waals surface area contributed by atoms with Gasteiger partial charge in [0.05, 0.1) is 12.2 Å². The van der Waals surface area contributed by atoms with Crippen LogP contribution in [0.5, 0.6) is 0 Å². The third-order valence-electron chi connectivity index (χ3n) is 4.25. The van der Waals surface area contributed by atoms with Crippen LogP contribution in [0.2, 0.25) is 0 Å². The van der Waals surface area contributed by atoms with Gasteiger partial charge in [0.15, 0.2) is 0 Å². The lowest BCUT2D eigenvalue weighted by Crippen LogP contribution is -2.45. The van der Waals surface area contributed by atoms with Gasteiger partial charge >= 0.3 is 0 Å². The Balaban J connectivity index is 1.93. The molecule has 1 aromatic rings. The first-order chi connectivity index (χ1) is 9.97. The topological polar surface area (TPSA) is 76.2 Å². The molecule has 2 atom stereocenters. The molecule has 6 heteroatoms. The number of nitrogens with two attached hydrogens (primary N) is 1. The van der Waals surface area contributed by atoms with Crippen LogP contribution < -0.4 is 11.1 Å². The van der Waals surface area contributed by atoms with Gasteiger partial charge in [0.2, 0.25) is 5.91 Å². The third kappa shape index (κ3) is 4.28. The molecule has 1 amide bonds. The van der Waals surface area contributed by atoms with E-state index >= 15 is 0 Å². The summed E-state index contributed by atoms with van der Waals surface area (Å²) in [7, 11) is 1.93. The first-order valence-corrected chi connectivity index (χ1v) is 7.70. The van der Waals surface area contributed by atoms with Crippen LogP contribution in [-0.4, -0.2) is 46.3 Å². The minimum absolute atomic E-state index is 0.0567. The normalized spacial score (nSPS) is 20.2. The van der Waals surface area contributed by atoms with Gasteiger partial charge in [-0.05, 0) is 38.8 Å². The van der Waals surface area contributed by atoms with Gasteiger partial charge in [-0.3, -0.25) is 14.4 Å². The number of aryl methyl sites for hydroxylation is 1. The van der Waals surface area contributed by atoms with Gasteiger partial charge in [-0.2, -0.15) is 5.10 Å². The lowest BCUT2D eigenvalue weighted by atomic mass is 9.93. The Morgan fingerprint density at radius 1 is 1.52 bits per heavy atom. The van der Waals surface area contributed by atoms with Crippen molar-refractivity contribution in [1.29, 1.82) is 0 Å². The highest BCUT2D eigenvalue weighted by molar-refractivity contribution is 5.72. The van der Waals surface area contributed by atoms with Gasteiger partial charge in [0, 0.05) is 38.3 Å². The van der Waals surface area contributed by atoms with E-state index < -0.39 is 0 Å². The Kier molecular flexibility index (Phi) is 5.36. The Bertz CT molecular complexity index is 462. The molecule has 2 unspecified atom stereocenters. The van der Waals surface area contributed by atoms with E-state index in [0.717, 1.165) is 32.5 Å². The van der Waals surface area contributed by atoms with E-state index in [-0.39, 0.29) is 18.0 Å². The fourth-order valence-electron chi connectivity index (χ4n) is 3.16. The SMILES string of the molecule is CC(=O)NCC1CCN(C(c2cnn(C)c2)C(C)N)CC1. The van der Waals surface area contributed by atoms with E-state index in [1.54, 1.807) is 6.92 Å². The van der Waals surface area contributed by atoms with Crippen LogP contribution in [0.3, 0.4) is 0 Å². The number of amides is 1. The molecule has 0 bridgehead atoms. The Labute approximate surface area is 126 Å². The highest BCUT2D eigenvalue weighted by atomic mass is 16.1. The summed E-state index contributed by atoms with van der Waals surface area (Å²) >= 11 is 0. The van der Waals surface area contributed by atoms with E-state index in [1.807, 2.05) is 17.9 Å². The molecule has 0 aromatic carbocycles. The molecule has 2 heterocycles. The number of piperidine rings is 1. The van der Waals surface area contributed by atoms with Crippen LogP contribution in [0, 0.1) is 5.92 Å². The molecule has 21 heavy (non-hydrogen) atoms. The minimum atomic E-state index is 0.0567. The van der Waals surface area contributed by atoms with Gasteiger partial charge in [0.1, 0.15) is 0 Å². The lowest BCUT2D eigenvalue weighted by molar-refractivity contribution is -0.119. The molecule has 1 saturated heterocycles. The molecule has 1 fully saturated rings. The van der Waals surface area contributed by atoms with Gasteiger partial charge in [0.25, 0.3) is 0 Å². The average Bonchev–Trinajstić information content (AvgIpc) is 2.84. The molecule has 0 spiro atoms. The first-order valence-electron chi connectivity index (χ1n) is 7.70. The van der Waals surface area contributed by atoms with E-state index in [0.29, 0.717) is 5.92 Å². The molecule has 3 N–H and O–H groups in total. The quantitative estimate of drug-likeness (QED) is 0.836. The molecular weight excluding hydrogens is 266 g/mol. The van der Waals surface area contributed by atoms with Crippen molar-refractivity contribution in [2.75, 3.05) is 19.6 Å². The molecule has 1 aromatic heterocycles. The lowest BCUT2D eigenvalue weighted by Gasteiger charge is -2.39. The number of carbonyl (C=O) groups is 1. The number of nitrogens with one attached hydrogen (secondary N) is 1. The summed E-state index contributed by atoms with van der Waals surface area (Å²) in [5.41, 5.74) is 7.39. The van der Waals surface area contributed by atoms with E-state index in [9.17, 15) is 4.79 Å². The van der Waals surface area contributed by atoms with E-state index in [1.165, 1.54) is 5.56 Å². The van der Waals surface area contributed by atoms with Crippen molar-refractivity contribution in [2.45, 2.75) is 38.8 Å². The van der Waals surface area contributed by atoms with Crippen molar-refractivity contribution in [1.82, 2.24) is 20.0 Å². The van der Waals surface area contributed by atoms with Gasteiger partial charge in [-0.1, -0.05) is 0 Å². The van der Waals surface area contributed by atoms with Crippen LogP contribution in [-0.2, 0) is 11.8 Å². The summed E-state index contributed by atoms with van der Waals surface area (Å²) in [5, 5.41) is 7.19. The number of rotatable bonds is 5. The zero-order chi connectivity index (χ0) is 15.4. The number of hydrogen-bond donors (Lipinski definition) is 2. The first kappa shape index (κ1) is 16.0. The zero-order valence-corrected chi connectivity index (χ0v) is 13.2. The number of hydrogen-bond acceptors (Lipinski definition) is 4. The fraction of sp³-hybridized carbons (Fsp3) is 0.733. The highest BCUT2D eigenvalue weighted by Crippen LogP contribution is 2.28. The molecule has 1 aliphatic heterocycles. The number of nitrogens with zero attached hydrogens (tertiary/aromatic N) is 3. The van der Waals surface area contributed by atoms with E-state index in [2.05, 4.69) is 28.4 Å². The van der Waals surface area contributed by atoms with Gasteiger partial charge in [-0.25, -0.2) is 0 Å². The largest absolute Gasteiger partial charge is 0.356 e. The van der Waals surface area contributed by atoms with Crippen molar-refractivity contribution in [2.24, 2.45) is 18.7 Å². The maximum atomic E-state index is 11.0. The number of aromatic nitrogens is 2. The molecule has 0 saturated carbocycles. The number of likely N-dealkylation sites (tertiary alicyclic amines) is 1. The summed E-state index contributed by atoms with van der Waals surface area (Å²) in [6.45, 7) is 6.46. The predicted molar refractivity (Wildman–Crippen MR) is 82.6 cm³/mol. The molecule has 0 aliphatic carbocycles. The second-order valence-corrected chi connectivity index (χ2v) is 6.17. The highest BCUT2D eigenvalue weighted by Gasteiger charge is 2.29. The summed E-state index contributed by atoms with van der Waals surface area (Å²) in [6, 6.07) is 0.293. The van der Waals surface area contributed by atoms with Gasteiger partial charge < -0.3 is 11.1 Å². The van der Waals surface area contributed by atoms with Crippen molar-refractivity contribution in [3.63, 3.8) is 0 Å². The second kappa shape index (κ2) is 7.04. The standard InChI is InChI=1S/C15H27N5O/c1-11(16)15(14-9-18-19(3)10-14)20-6-4-13(5-7-20)8-17-12(2)21/h9-11,13,15H,4-8,16H2,1-3H3,(H,17,21). The smallest absolute Gasteiger partial charge is 0.216 e. The maximum Gasteiger partial charge on any atom is 0.216 e. The summed E-state index contributed by atoms with van der Waals surface area (Å²) < 4.78 is 1.83. The maximum absolute atomic E-state index is 11.0. The fourth-order valence-corrected chi connectivity index (χ4v) is 3.16. The van der Waals surface area contributed by atoms with Crippen molar-refractivity contribution in [3.05, 3.63) is 18.0 Å².